The van der Waals surface area contributed by atoms with Gasteiger partial charge in [-0.25, -0.2) is 4.79 Å². The fourth-order valence-electron chi connectivity index (χ4n) is 2.81. The Hall–Kier alpha value is -2.27. The van der Waals surface area contributed by atoms with E-state index in [0.29, 0.717) is 11.6 Å². The van der Waals surface area contributed by atoms with E-state index in [1.54, 1.807) is 48.6 Å². The summed E-state index contributed by atoms with van der Waals surface area (Å²) in [4.78, 5) is 20.3. The maximum atomic E-state index is 12.3. The third-order valence-corrected chi connectivity index (χ3v) is 4.60. The van der Waals surface area contributed by atoms with Crippen LogP contribution in [-0.2, 0) is 4.74 Å². The van der Waals surface area contributed by atoms with Gasteiger partial charge in [0.15, 0.2) is 0 Å². The third kappa shape index (κ3) is 5.10. The molecule has 1 unspecified atom stereocenters. The molecule has 1 aromatic rings. The molecule has 134 valence electrons. The number of halogens is 1. The maximum Gasteiger partial charge on any atom is 0.410 e. The van der Waals surface area contributed by atoms with Crippen molar-refractivity contribution in [3.05, 3.63) is 60.4 Å². The average molecular weight is 362 g/mol. The smallest absolute Gasteiger partial charge is 0.410 e. The minimum absolute atomic E-state index is 0.0630. The van der Waals surface area contributed by atoms with Gasteiger partial charge in [-0.1, -0.05) is 43.0 Å². The Morgan fingerprint density at radius 1 is 1.56 bits per heavy atom. The number of nitrogens with zero attached hydrogens (tertiary/aromatic N) is 3. The number of carbonyl (C=O) groups excluding carboxylic acids is 1. The van der Waals surface area contributed by atoms with Crippen LogP contribution in [0.25, 0.3) is 0 Å². The van der Waals surface area contributed by atoms with Crippen LogP contribution < -0.4 is 4.90 Å². The number of hydrogen-bond acceptors (Lipinski definition) is 4. The number of carbonyl (C=O) groups is 1. The molecule has 0 N–H and O–H groups in total. The van der Waals surface area contributed by atoms with Gasteiger partial charge < -0.3 is 14.5 Å². The number of piperidine rings is 1. The standard InChI is InChI=1S/C19H24ClN3O2/c1-4-7-15(5-2)14-25-19(24)22(3)16-8-6-11-23(13-16)18-12-21-10-9-17(18)20/h4-5,7,9-10,12,16H,1-2,6,8,11,13-14H2,3H3/b15-7+. The Labute approximate surface area is 154 Å². The lowest BCUT2D eigenvalue weighted by Crippen LogP contribution is -2.49. The van der Waals surface area contributed by atoms with Crippen molar-refractivity contribution < 1.29 is 9.53 Å². The SMILES string of the molecule is C=C/C=C(\C=C)COC(=O)N(C)C1CCCN(c2cnccc2Cl)C1. The zero-order chi connectivity index (χ0) is 18.2. The predicted molar refractivity (Wildman–Crippen MR) is 102 cm³/mol. The first-order valence-corrected chi connectivity index (χ1v) is 8.62. The van der Waals surface area contributed by atoms with E-state index in [1.165, 1.54) is 0 Å². The van der Waals surface area contributed by atoms with E-state index in [1.807, 2.05) is 0 Å². The van der Waals surface area contributed by atoms with Crippen molar-refractivity contribution in [3.8, 4) is 0 Å². The Balaban J connectivity index is 1.97. The van der Waals surface area contributed by atoms with Gasteiger partial charge in [0, 0.05) is 26.3 Å². The lowest BCUT2D eigenvalue weighted by Gasteiger charge is -2.38. The van der Waals surface area contributed by atoms with Crippen LogP contribution in [0.5, 0.6) is 0 Å². The Kier molecular flexibility index (Phi) is 7.07. The molecule has 25 heavy (non-hydrogen) atoms. The van der Waals surface area contributed by atoms with Crippen molar-refractivity contribution in [1.82, 2.24) is 9.88 Å². The van der Waals surface area contributed by atoms with Gasteiger partial charge in [0.25, 0.3) is 0 Å². The van der Waals surface area contributed by atoms with Gasteiger partial charge in [-0.15, -0.1) is 0 Å². The first kappa shape index (κ1) is 19.1. The Morgan fingerprint density at radius 3 is 3.04 bits per heavy atom. The fraction of sp³-hybridized carbons (Fsp3) is 0.368. The second-order valence-corrected chi connectivity index (χ2v) is 6.32. The monoisotopic (exact) mass is 361 g/mol. The number of aromatic nitrogens is 1. The summed E-state index contributed by atoms with van der Waals surface area (Å²) in [6.07, 6.45) is 10.1. The summed E-state index contributed by atoms with van der Waals surface area (Å²) in [5.74, 6) is 0. The summed E-state index contributed by atoms with van der Waals surface area (Å²) < 4.78 is 5.37. The molecule has 1 fully saturated rings. The topological polar surface area (TPSA) is 45.7 Å². The molecule has 6 heteroatoms. The summed E-state index contributed by atoms with van der Waals surface area (Å²) in [6.45, 7) is 9.11. The first-order valence-electron chi connectivity index (χ1n) is 8.25. The van der Waals surface area contributed by atoms with Crippen LogP contribution in [0.2, 0.25) is 5.02 Å². The van der Waals surface area contributed by atoms with E-state index < -0.39 is 0 Å². The molecule has 0 aromatic carbocycles. The van der Waals surface area contributed by atoms with E-state index in [9.17, 15) is 4.79 Å². The normalized spacial score (nSPS) is 17.8. The highest BCUT2D eigenvalue weighted by molar-refractivity contribution is 6.33. The van der Waals surface area contributed by atoms with Crippen molar-refractivity contribution in [2.24, 2.45) is 0 Å². The largest absolute Gasteiger partial charge is 0.445 e. The van der Waals surface area contributed by atoms with Gasteiger partial charge in [-0.05, 0) is 24.5 Å². The highest BCUT2D eigenvalue weighted by Gasteiger charge is 2.28. The third-order valence-electron chi connectivity index (χ3n) is 4.28. The first-order chi connectivity index (χ1) is 12.1. The summed E-state index contributed by atoms with van der Waals surface area (Å²) in [5, 5.41) is 0.672. The number of rotatable bonds is 6. The van der Waals surface area contributed by atoms with Crippen LogP contribution in [0.15, 0.2) is 55.4 Å². The van der Waals surface area contributed by atoms with Crippen molar-refractivity contribution >= 4 is 23.4 Å². The molecule has 0 radical (unpaired) electrons. The quantitative estimate of drug-likeness (QED) is 0.716. The van der Waals surface area contributed by atoms with Gasteiger partial charge in [0.2, 0.25) is 0 Å². The molecular formula is C19H24ClN3O2. The lowest BCUT2D eigenvalue weighted by atomic mass is 10.0. The molecule has 5 nitrogen and oxygen atoms in total. The van der Waals surface area contributed by atoms with Gasteiger partial charge in [0.05, 0.1) is 22.9 Å². The second kappa shape index (κ2) is 9.28. The molecule has 1 aromatic heterocycles. The summed E-state index contributed by atoms with van der Waals surface area (Å²) in [5.41, 5.74) is 1.71. The minimum Gasteiger partial charge on any atom is -0.445 e. The van der Waals surface area contributed by atoms with Gasteiger partial charge in [-0.3, -0.25) is 4.98 Å². The number of ether oxygens (including phenoxy) is 1. The van der Waals surface area contributed by atoms with Crippen LogP contribution in [0, 0.1) is 0 Å². The lowest BCUT2D eigenvalue weighted by molar-refractivity contribution is 0.101. The molecule has 0 spiro atoms. The van der Waals surface area contributed by atoms with Crippen molar-refractivity contribution in [2.45, 2.75) is 18.9 Å². The van der Waals surface area contributed by atoms with Gasteiger partial charge in [-0.2, -0.15) is 0 Å². The van der Waals surface area contributed by atoms with Crippen LogP contribution >= 0.6 is 11.6 Å². The average Bonchev–Trinajstić information content (AvgIpc) is 2.64. The summed E-state index contributed by atoms with van der Waals surface area (Å²) in [6, 6.07) is 1.84. The molecule has 0 saturated carbocycles. The molecule has 0 bridgehead atoms. The number of allylic oxidation sites excluding steroid dienone is 2. The molecule has 2 rings (SSSR count). The predicted octanol–water partition coefficient (Wildman–Crippen LogP) is 4.07. The van der Waals surface area contributed by atoms with Crippen molar-refractivity contribution in [2.75, 3.05) is 31.6 Å². The van der Waals surface area contributed by atoms with Gasteiger partial charge >= 0.3 is 6.09 Å². The molecule has 1 saturated heterocycles. The van der Waals surface area contributed by atoms with Gasteiger partial charge in [0.1, 0.15) is 6.61 Å². The van der Waals surface area contributed by atoms with E-state index in [0.717, 1.165) is 30.6 Å². The van der Waals surface area contributed by atoms with E-state index in [-0.39, 0.29) is 18.7 Å². The fourth-order valence-corrected chi connectivity index (χ4v) is 3.04. The van der Waals surface area contributed by atoms with E-state index in [2.05, 4.69) is 23.0 Å². The zero-order valence-electron chi connectivity index (χ0n) is 14.5. The Bertz CT molecular complexity index is 660. The summed E-state index contributed by atoms with van der Waals surface area (Å²) >= 11 is 6.27. The molecule has 1 atom stereocenters. The highest BCUT2D eigenvalue weighted by Crippen LogP contribution is 2.28. The molecule has 0 aliphatic carbocycles. The van der Waals surface area contributed by atoms with Crippen molar-refractivity contribution in [1.29, 1.82) is 0 Å². The molecular weight excluding hydrogens is 338 g/mol. The number of pyridine rings is 1. The molecule has 2 heterocycles. The van der Waals surface area contributed by atoms with Crippen LogP contribution in [-0.4, -0.2) is 48.8 Å². The van der Waals surface area contributed by atoms with E-state index in [4.69, 9.17) is 16.3 Å². The van der Waals surface area contributed by atoms with Crippen LogP contribution in [0.3, 0.4) is 0 Å². The molecule has 1 aliphatic rings. The number of amides is 1. The number of anilines is 1. The Morgan fingerprint density at radius 2 is 2.36 bits per heavy atom. The maximum absolute atomic E-state index is 12.3. The zero-order valence-corrected chi connectivity index (χ0v) is 15.3. The second-order valence-electron chi connectivity index (χ2n) is 5.92. The van der Waals surface area contributed by atoms with Crippen LogP contribution in [0.1, 0.15) is 12.8 Å². The van der Waals surface area contributed by atoms with Crippen LogP contribution in [0.4, 0.5) is 10.5 Å². The van der Waals surface area contributed by atoms with Crippen molar-refractivity contribution in [3.63, 3.8) is 0 Å². The molecule has 1 aliphatic heterocycles. The number of likely N-dealkylation sites (N-methyl/N-ethyl adjacent to an activating group) is 1. The minimum atomic E-state index is -0.346. The number of hydrogen-bond donors (Lipinski definition) is 0. The molecule has 1 amide bonds. The summed E-state index contributed by atoms with van der Waals surface area (Å²) in [7, 11) is 1.77. The van der Waals surface area contributed by atoms with E-state index >= 15 is 0 Å². The highest BCUT2D eigenvalue weighted by atomic mass is 35.5.